The van der Waals surface area contributed by atoms with Crippen molar-refractivity contribution in [3.8, 4) is 0 Å². The van der Waals surface area contributed by atoms with Crippen molar-refractivity contribution in [3.63, 3.8) is 0 Å². The molecule has 112 valence electrons. The molecule has 2 fully saturated rings. The molecule has 0 aromatic carbocycles. The first-order valence-electron chi connectivity index (χ1n) is 5.93. The Hall–Kier alpha value is -0.0100. The molecule has 0 bridgehead atoms. The summed E-state index contributed by atoms with van der Waals surface area (Å²) in [5, 5.41) is 0. The number of methoxy groups -OCH3 is 2. The fourth-order valence-electron chi connectivity index (χ4n) is 2.79. The van der Waals surface area contributed by atoms with E-state index in [9.17, 15) is 4.57 Å². The van der Waals surface area contributed by atoms with Crippen LogP contribution >= 0.6 is 7.82 Å². The van der Waals surface area contributed by atoms with Crippen LogP contribution in [0.2, 0.25) is 0 Å². The predicted molar refractivity (Wildman–Crippen MR) is 65.5 cm³/mol. The fourth-order valence-corrected chi connectivity index (χ4v) is 4.55. The van der Waals surface area contributed by atoms with Crippen molar-refractivity contribution in [1.82, 2.24) is 0 Å². The fraction of sp³-hybridized carbons (Fsp3) is 1.00. The van der Waals surface area contributed by atoms with Gasteiger partial charge >= 0.3 is 7.82 Å². The van der Waals surface area contributed by atoms with Crippen LogP contribution in [-0.2, 0) is 32.3 Å². The molecule has 2 aliphatic rings. The number of hydrogen-bond donors (Lipinski definition) is 0. The molecule has 0 spiro atoms. The smallest absolute Gasteiger partial charge is 0.351 e. The molecule has 0 radical (unpaired) electrons. The SMILES string of the molecule is CO[C@]1(C)O[C@](C)(OC)[C@@]2(C)OP(=O)(OC)O[C@@]12C. The summed E-state index contributed by atoms with van der Waals surface area (Å²) < 4.78 is 45.2. The van der Waals surface area contributed by atoms with Crippen LogP contribution in [-0.4, -0.2) is 44.1 Å². The van der Waals surface area contributed by atoms with Crippen LogP contribution in [0.3, 0.4) is 0 Å². The Kier molecular flexibility index (Phi) is 3.25. The van der Waals surface area contributed by atoms with Gasteiger partial charge in [0, 0.05) is 21.3 Å². The van der Waals surface area contributed by atoms with Crippen LogP contribution in [0, 0.1) is 0 Å². The molecule has 0 aromatic rings. The minimum absolute atomic E-state index is 1.16. The van der Waals surface area contributed by atoms with E-state index in [1.807, 2.05) is 0 Å². The highest BCUT2D eigenvalue weighted by Gasteiger charge is 2.82. The second-order valence-electron chi connectivity index (χ2n) is 5.28. The number of hydrogen-bond acceptors (Lipinski definition) is 7. The average Bonchev–Trinajstić information content (AvgIpc) is 2.65. The molecular weight excluding hydrogens is 275 g/mol. The number of ether oxygens (including phenoxy) is 3. The zero-order valence-corrected chi connectivity index (χ0v) is 13.2. The van der Waals surface area contributed by atoms with E-state index in [1.165, 1.54) is 21.3 Å². The molecule has 2 aliphatic heterocycles. The van der Waals surface area contributed by atoms with Crippen LogP contribution in [0.5, 0.6) is 0 Å². The minimum Gasteiger partial charge on any atom is -0.351 e. The van der Waals surface area contributed by atoms with Gasteiger partial charge in [-0.25, -0.2) is 4.57 Å². The van der Waals surface area contributed by atoms with Crippen molar-refractivity contribution in [2.24, 2.45) is 0 Å². The van der Waals surface area contributed by atoms with Gasteiger partial charge in [0.05, 0.1) is 0 Å². The summed E-state index contributed by atoms with van der Waals surface area (Å²) in [6, 6.07) is 0. The summed E-state index contributed by atoms with van der Waals surface area (Å²) in [7, 11) is 0.539. The van der Waals surface area contributed by atoms with Crippen molar-refractivity contribution >= 4 is 7.82 Å². The molecule has 0 aliphatic carbocycles. The van der Waals surface area contributed by atoms with E-state index in [4.69, 9.17) is 27.8 Å². The van der Waals surface area contributed by atoms with Gasteiger partial charge in [-0.05, 0) is 27.7 Å². The maximum atomic E-state index is 12.4. The van der Waals surface area contributed by atoms with Gasteiger partial charge < -0.3 is 14.2 Å². The number of phosphoric acid groups is 1. The number of phosphoric ester groups is 1. The summed E-state index contributed by atoms with van der Waals surface area (Å²) in [5.41, 5.74) is -2.32. The molecule has 0 N–H and O–H groups in total. The quantitative estimate of drug-likeness (QED) is 0.738. The van der Waals surface area contributed by atoms with E-state index in [0.29, 0.717) is 0 Å². The Bertz CT molecular complexity index is 409. The Morgan fingerprint density at radius 2 is 1.21 bits per heavy atom. The van der Waals surface area contributed by atoms with Gasteiger partial charge in [-0.3, -0.25) is 13.6 Å². The van der Waals surface area contributed by atoms with E-state index in [1.54, 1.807) is 27.7 Å². The zero-order chi connectivity index (χ0) is 14.7. The van der Waals surface area contributed by atoms with Crippen molar-refractivity contribution in [2.45, 2.75) is 50.5 Å². The topological polar surface area (TPSA) is 72.5 Å². The summed E-state index contributed by atoms with van der Waals surface area (Å²) in [6.45, 7) is 6.78. The lowest BCUT2D eigenvalue weighted by Crippen LogP contribution is -2.60. The second kappa shape index (κ2) is 4.01. The Labute approximate surface area is 113 Å². The van der Waals surface area contributed by atoms with Gasteiger partial charge in [-0.2, -0.15) is 0 Å². The summed E-state index contributed by atoms with van der Waals surface area (Å²) in [4.78, 5) is 0. The van der Waals surface area contributed by atoms with Gasteiger partial charge in [0.2, 0.25) is 11.6 Å². The minimum atomic E-state index is -3.69. The maximum absolute atomic E-state index is 12.4. The van der Waals surface area contributed by atoms with Crippen LogP contribution in [0.1, 0.15) is 27.7 Å². The third kappa shape index (κ3) is 1.58. The largest absolute Gasteiger partial charge is 0.476 e. The van der Waals surface area contributed by atoms with E-state index in [2.05, 4.69) is 0 Å². The highest BCUT2D eigenvalue weighted by molar-refractivity contribution is 7.48. The van der Waals surface area contributed by atoms with Crippen LogP contribution in [0.25, 0.3) is 0 Å². The van der Waals surface area contributed by atoms with E-state index < -0.39 is 30.6 Å². The highest BCUT2D eigenvalue weighted by Crippen LogP contribution is 2.73. The Balaban J connectivity index is 2.62. The first-order valence-corrected chi connectivity index (χ1v) is 7.39. The van der Waals surface area contributed by atoms with Crippen LogP contribution in [0.15, 0.2) is 0 Å². The van der Waals surface area contributed by atoms with Crippen LogP contribution in [0.4, 0.5) is 0 Å². The van der Waals surface area contributed by atoms with Gasteiger partial charge in [0.1, 0.15) is 0 Å². The lowest BCUT2D eigenvalue weighted by atomic mass is 9.78. The summed E-state index contributed by atoms with van der Waals surface area (Å²) >= 11 is 0. The molecule has 0 saturated carbocycles. The molecule has 2 rings (SSSR count). The second-order valence-corrected chi connectivity index (χ2v) is 6.91. The molecule has 5 atom stereocenters. The van der Waals surface area contributed by atoms with Gasteiger partial charge in [0.25, 0.3) is 0 Å². The monoisotopic (exact) mass is 296 g/mol. The van der Waals surface area contributed by atoms with Gasteiger partial charge in [-0.15, -0.1) is 0 Å². The number of fused-ring (bicyclic) bond motifs is 1. The third-order valence-corrected chi connectivity index (χ3v) is 6.25. The molecule has 2 heterocycles. The highest BCUT2D eigenvalue weighted by atomic mass is 31.2. The average molecular weight is 296 g/mol. The van der Waals surface area contributed by atoms with Crippen LogP contribution < -0.4 is 0 Å². The molecule has 7 nitrogen and oxygen atoms in total. The third-order valence-electron chi connectivity index (χ3n) is 4.62. The molecule has 1 unspecified atom stereocenters. The number of rotatable bonds is 3. The standard InChI is InChI=1S/C11H21O7P/c1-8-9(2,18-19(12,15-7)17-8)11(4,14-6)16-10(8,3)13-5/h1-7H3/t8-,9+,10-,11+,19?. The Morgan fingerprint density at radius 3 is 1.47 bits per heavy atom. The van der Waals surface area contributed by atoms with Gasteiger partial charge in [0.15, 0.2) is 11.2 Å². The van der Waals surface area contributed by atoms with E-state index in [-0.39, 0.29) is 0 Å². The molecular formula is C11H21O7P. The Morgan fingerprint density at radius 1 is 0.842 bits per heavy atom. The summed E-state index contributed by atoms with van der Waals surface area (Å²) in [6.07, 6.45) is 0. The summed E-state index contributed by atoms with van der Waals surface area (Å²) in [5.74, 6) is -2.39. The van der Waals surface area contributed by atoms with E-state index in [0.717, 1.165) is 0 Å². The lowest BCUT2D eigenvalue weighted by molar-refractivity contribution is -0.324. The zero-order valence-electron chi connectivity index (χ0n) is 12.3. The van der Waals surface area contributed by atoms with Crippen molar-refractivity contribution in [2.75, 3.05) is 21.3 Å². The van der Waals surface area contributed by atoms with Gasteiger partial charge in [-0.1, -0.05) is 0 Å². The van der Waals surface area contributed by atoms with Crippen molar-refractivity contribution in [1.29, 1.82) is 0 Å². The predicted octanol–water partition coefficient (Wildman–Crippen LogP) is 2.06. The van der Waals surface area contributed by atoms with Crippen molar-refractivity contribution < 1.29 is 32.3 Å². The lowest BCUT2D eigenvalue weighted by Gasteiger charge is -2.38. The van der Waals surface area contributed by atoms with Crippen molar-refractivity contribution in [3.05, 3.63) is 0 Å². The van der Waals surface area contributed by atoms with E-state index >= 15 is 0 Å². The molecule has 19 heavy (non-hydrogen) atoms. The first kappa shape index (κ1) is 15.4. The molecule has 2 saturated heterocycles. The maximum Gasteiger partial charge on any atom is 0.476 e. The first-order chi connectivity index (χ1) is 8.55. The molecule has 8 heteroatoms. The molecule has 0 amide bonds. The normalized spacial score (nSPS) is 57.4. The molecule has 0 aromatic heterocycles.